The highest BCUT2D eigenvalue weighted by atomic mass is 28.2. The predicted octanol–water partition coefficient (Wildman–Crippen LogP) is 5.22. The number of hydrogen-bond donors (Lipinski definition) is 0. The highest BCUT2D eigenvalue weighted by Gasteiger charge is 2.42. The van der Waals surface area contributed by atoms with Crippen molar-refractivity contribution in [1.82, 2.24) is 0 Å². The van der Waals surface area contributed by atoms with Crippen LogP contribution in [0.4, 0.5) is 24.5 Å². The zero-order valence-electron chi connectivity index (χ0n) is 16.2. The second kappa shape index (κ2) is 7.42. The Bertz CT molecular complexity index is 702. The van der Waals surface area contributed by atoms with Crippen LogP contribution >= 0.6 is 0 Å². The molecular formula is C18H25F3N2O3Si. The van der Waals surface area contributed by atoms with Crippen LogP contribution in [0.1, 0.15) is 53.0 Å². The molecule has 1 unspecified atom stereocenters. The summed E-state index contributed by atoms with van der Waals surface area (Å²) in [6.45, 7) is 10.7. The van der Waals surface area contributed by atoms with Crippen LogP contribution in [0, 0.1) is 10.1 Å². The molecule has 1 aromatic carbocycles. The van der Waals surface area contributed by atoms with Crippen LogP contribution in [0.15, 0.2) is 18.2 Å². The third kappa shape index (κ3) is 5.22. The molecule has 2 rings (SSSR count). The van der Waals surface area contributed by atoms with Crippen molar-refractivity contribution in [2.75, 3.05) is 11.4 Å². The zero-order chi connectivity index (χ0) is 20.6. The van der Waals surface area contributed by atoms with E-state index in [1.165, 1.54) is 6.07 Å². The van der Waals surface area contributed by atoms with E-state index in [1.54, 1.807) is 0 Å². The Morgan fingerprint density at radius 3 is 2.37 bits per heavy atom. The molecule has 0 aliphatic carbocycles. The van der Waals surface area contributed by atoms with Gasteiger partial charge in [-0.15, -0.1) is 0 Å². The van der Waals surface area contributed by atoms with Crippen molar-refractivity contribution in [3.63, 3.8) is 0 Å². The lowest BCUT2D eigenvalue weighted by Crippen LogP contribution is -2.49. The van der Waals surface area contributed by atoms with E-state index in [4.69, 9.17) is 4.43 Å². The van der Waals surface area contributed by atoms with E-state index in [9.17, 15) is 23.3 Å². The van der Waals surface area contributed by atoms with E-state index in [0.29, 0.717) is 12.2 Å². The predicted molar refractivity (Wildman–Crippen MR) is 99.1 cm³/mol. The van der Waals surface area contributed by atoms with Gasteiger partial charge in [-0.2, -0.15) is 13.2 Å². The first kappa shape index (κ1) is 21.7. The summed E-state index contributed by atoms with van der Waals surface area (Å²) in [5.41, 5.74) is -2.36. The second-order valence-corrected chi connectivity index (χ2v) is 10.3. The van der Waals surface area contributed by atoms with Gasteiger partial charge in [0.15, 0.2) is 0 Å². The molecule has 1 fully saturated rings. The van der Waals surface area contributed by atoms with Crippen molar-refractivity contribution in [3.05, 3.63) is 33.9 Å². The summed E-state index contributed by atoms with van der Waals surface area (Å²) >= 11 is 0. The molecule has 0 spiro atoms. The van der Waals surface area contributed by atoms with Gasteiger partial charge in [0.25, 0.3) is 5.69 Å². The number of nitro benzene ring substituents is 1. The van der Waals surface area contributed by atoms with Crippen LogP contribution in [0.25, 0.3) is 0 Å². The van der Waals surface area contributed by atoms with Crippen LogP contribution in [0.3, 0.4) is 0 Å². The minimum Gasteiger partial charge on any atom is -0.410 e. The maximum absolute atomic E-state index is 13.3. The second-order valence-electron chi connectivity index (χ2n) is 8.37. The average Bonchev–Trinajstić information content (AvgIpc) is 3.01. The van der Waals surface area contributed by atoms with Crippen molar-refractivity contribution < 1.29 is 22.5 Å². The summed E-state index contributed by atoms with van der Waals surface area (Å²) < 4.78 is 46.1. The van der Waals surface area contributed by atoms with E-state index < -0.39 is 28.0 Å². The van der Waals surface area contributed by atoms with E-state index in [2.05, 4.69) is 20.8 Å². The molecule has 9 heteroatoms. The number of alkyl halides is 3. The Kier molecular flexibility index (Phi) is 5.96. The SMILES string of the molecule is CC(C)(C)[Si]OC(C)(C)C1CCCN1c1ccc([N+](=O)[O-])c(C(F)(F)F)c1. The van der Waals surface area contributed by atoms with Crippen LogP contribution in [-0.2, 0) is 10.6 Å². The Morgan fingerprint density at radius 1 is 1.22 bits per heavy atom. The highest BCUT2D eigenvalue weighted by molar-refractivity contribution is 6.31. The standard InChI is InChI=1S/C18H25F3N2O3Si/c1-16(2,3)27-26-17(4,5)15-7-6-10-22(15)12-8-9-14(23(24)25)13(11-12)18(19,20)21/h8-9,11,15H,6-7,10H2,1-5H3. The van der Waals surface area contributed by atoms with Gasteiger partial charge in [0.1, 0.15) is 5.56 Å². The van der Waals surface area contributed by atoms with Gasteiger partial charge in [-0.3, -0.25) is 10.1 Å². The molecule has 150 valence electrons. The fraction of sp³-hybridized carbons (Fsp3) is 0.667. The number of nitro groups is 1. The molecule has 27 heavy (non-hydrogen) atoms. The Balaban J connectivity index is 2.35. The van der Waals surface area contributed by atoms with Crippen LogP contribution in [-0.4, -0.2) is 32.9 Å². The van der Waals surface area contributed by atoms with Crippen LogP contribution in [0.5, 0.6) is 0 Å². The highest BCUT2D eigenvalue weighted by Crippen LogP contribution is 2.41. The Morgan fingerprint density at radius 2 is 1.85 bits per heavy atom. The van der Waals surface area contributed by atoms with Crippen molar-refractivity contribution in [3.8, 4) is 0 Å². The molecule has 2 radical (unpaired) electrons. The average molecular weight is 402 g/mol. The number of anilines is 1. The molecule has 0 bridgehead atoms. The van der Waals surface area contributed by atoms with Gasteiger partial charge in [-0.25, -0.2) is 0 Å². The molecule has 5 nitrogen and oxygen atoms in total. The number of benzene rings is 1. The minimum absolute atomic E-state index is 0.00246. The van der Waals surface area contributed by atoms with E-state index >= 15 is 0 Å². The third-order valence-corrected chi connectivity index (χ3v) is 5.73. The number of nitrogens with zero attached hydrogens (tertiary/aromatic N) is 2. The first-order valence-corrected chi connectivity index (χ1v) is 9.71. The fourth-order valence-electron chi connectivity index (χ4n) is 3.24. The van der Waals surface area contributed by atoms with E-state index in [-0.39, 0.29) is 20.8 Å². The minimum atomic E-state index is -4.78. The topological polar surface area (TPSA) is 55.6 Å². The zero-order valence-corrected chi connectivity index (χ0v) is 17.2. The van der Waals surface area contributed by atoms with Crippen molar-refractivity contribution in [2.24, 2.45) is 0 Å². The van der Waals surface area contributed by atoms with Gasteiger partial charge >= 0.3 is 6.18 Å². The molecular weight excluding hydrogens is 377 g/mol. The summed E-state index contributed by atoms with van der Waals surface area (Å²) in [6.07, 6.45) is -3.17. The lowest BCUT2D eigenvalue weighted by Gasteiger charge is -2.40. The van der Waals surface area contributed by atoms with Gasteiger partial charge in [-0.1, -0.05) is 20.8 Å². The molecule has 1 aliphatic heterocycles. The Labute approximate surface area is 160 Å². The van der Waals surface area contributed by atoms with Crippen molar-refractivity contribution in [2.45, 2.75) is 70.3 Å². The lowest BCUT2D eigenvalue weighted by molar-refractivity contribution is -0.388. The molecule has 0 saturated carbocycles. The first-order valence-electron chi connectivity index (χ1n) is 8.80. The van der Waals surface area contributed by atoms with Crippen LogP contribution < -0.4 is 4.90 Å². The molecule has 0 N–H and O–H groups in total. The maximum atomic E-state index is 13.3. The number of hydrogen-bond acceptors (Lipinski definition) is 4. The molecule has 1 saturated heterocycles. The monoisotopic (exact) mass is 402 g/mol. The molecule has 1 aliphatic rings. The smallest absolute Gasteiger partial charge is 0.410 e. The fourth-order valence-corrected chi connectivity index (χ4v) is 3.95. The number of rotatable bonds is 5. The third-order valence-electron chi connectivity index (χ3n) is 4.49. The van der Waals surface area contributed by atoms with Gasteiger partial charge < -0.3 is 9.33 Å². The summed E-state index contributed by atoms with van der Waals surface area (Å²) in [6, 6.07) is 3.12. The van der Waals surface area contributed by atoms with Crippen molar-refractivity contribution >= 4 is 21.1 Å². The molecule has 1 aromatic rings. The lowest BCUT2D eigenvalue weighted by atomic mass is 9.96. The molecule has 1 atom stereocenters. The maximum Gasteiger partial charge on any atom is 0.423 e. The first-order chi connectivity index (χ1) is 12.2. The van der Waals surface area contributed by atoms with E-state index in [1.807, 2.05) is 18.7 Å². The van der Waals surface area contributed by atoms with Gasteiger partial charge in [0.05, 0.1) is 16.6 Å². The van der Waals surface area contributed by atoms with Crippen molar-refractivity contribution in [1.29, 1.82) is 0 Å². The van der Waals surface area contributed by atoms with Crippen LogP contribution in [0.2, 0.25) is 5.04 Å². The summed E-state index contributed by atoms with van der Waals surface area (Å²) in [5.74, 6) is 0. The molecule has 0 amide bonds. The summed E-state index contributed by atoms with van der Waals surface area (Å²) in [7, 11) is 0.254. The van der Waals surface area contributed by atoms with E-state index in [0.717, 1.165) is 25.0 Å². The normalized spacial score (nSPS) is 18.8. The molecule has 1 heterocycles. The van der Waals surface area contributed by atoms with Gasteiger partial charge in [0, 0.05) is 18.3 Å². The largest absolute Gasteiger partial charge is 0.423 e. The van der Waals surface area contributed by atoms with Gasteiger partial charge in [0.2, 0.25) is 9.76 Å². The number of halogens is 3. The Hall–Kier alpha value is -1.61. The summed E-state index contributed by atoms with van der Waals surface area (Å²) in [5, 5.41) is 11.0. The quantitative estimate of drug-likeness (QED) is 0.385. The van der Waals surface area contributed by atoms with Gasteiger partial charge in [-0.05, 0) is 43.9 Å². The summed E-state index contributed by atoms with van der Waals surface area (Å²) in [4.78, 5) is 11.9. The molecule has 0 aromatic heterocycles.